The Balaban J connectivity index is 2.80. The molecule has 1 aromatic rings. The second-order valence-electron chi connectivity index (χ2n) is 3.90. The molecule has 0 atom stereocenters. The highest BCUT2D eigenvalue weighted by molar-refractivity contribution is 9.09. The summed E-state index contributed by atoms with van der Waals surface area (Å²) in [6, 6.07) is 4.19. The van der Waals surface area contributed by atoms with Crippen molar-refractivity contribution < 1.29 is 4.74 Å². The highest BCUT2D eigenvalue weighted by Gasteiger charge is 2.05. The second-order valence-corrected chi connectivity index (χ2v) is 4.69. The molecule has 1 N–H and O–H groups in total. The van der Waals surface area contributed by atoms with Gasteiger partial charge in [-0.1, -0.05) is 22.9 Å². The largest absolute Gasteiger partial charge is 0.494 e. The summed E-state index contributed by atoms with van der Waals surface area (Å²) < 4.78 is 5.64. The van der Waals surface area contributed by atoms with Crippen LogP contribution in [0.1, 0.15) is 24.5 Å². The van der Waals surface area contributed by atoms with E-state index in [0.717, 1.165) is 30.7 Å². The Morgan fingerprint density at radius 3 is 2.38 bits per heavy atom. The average Bonchev–Trinajstić information content (AvgIpc) is 2.25. The lowest BCUT2D eigenvalue weighted by Crippen LogP contribution is -2.06. The summed E-state index contributed by atoms with van der Waals surface area (Å²) in [4.78, 5) is 0. The summed E-state index contributed by atoms with van der Waals surface area (Å²) in [5.74, 6) is 0.973. The Morgan fingerprint density at radius 1 is 1.25 bits per heavy atom. The summed E-state index contributed by atoms with van der Waals surface area (Å²) in [6.07, 6.45) is 1.04. The Bertz CT molecular complexity index is 316. The maximum atomic E-state index is 5.64. The molecule has 0 aromatic heterocycles. The molecule has 3 heteroatoms. The second kappa shape index (κ2) is 6.79. The molecule has 0 radical (unpaired) electrons. The van der Waals surface area contributed by atoms with Crippen molar-refractivity contribution in [2.75, 3.05) is 23.8 Å². The molecule has 0 saturated heterocycles. The molecule has 0 aliphatic rings. The van der Waals surface area contributed by atoms with Crippen LogP contribution in [0.25, 0.3) is 0 Å². The first-order valence-electron chi connectivity index (χ1n) is 5.73. The van der Waals surface area contributed by atoms with Crippen LogP contribution < -0.4 is 10.1 Å². The number of anilines is 1. The van der Waals surface area contributed by atoms with Gasteiger partial charge in [-0.15, -0.1) is 0 Å². The lowest BCUT2D eigenvalue weighted by Gasteiger charge is -2.14. The van der Waals surface area contributed by atoms with Crippen molar-refractivity contribution in [3.05, 3.63) is 23.3 Å². The van der Waals surface area contributed by atoms with Gasteiger partial charge < -0.3 is 10.1 Å². The molecule has 2 nitrogen and oxygen atoms in total. The van der Waals surface area contributed by atoms with Gasteiger partial charge in [-0.2, -0.15) is 0 Å². The summed E-state index contributed by atoms with van der Waals surface area (Å²) in [7, 11) is 0. The monoisotopic (exact) mass is 285 g/mol. The van der Waals surface area contributed by atoms with Crippen molar-refractivity contribution in [1.82, 2.24) is 0 Å². The van der Waals surface area contributed by atoms with Crippen LogP contribution in [0.15, 0.2) is 12.1 Å². The predicted molar refractivity (Wildman–Crippen MR) is 74.0 cm³/mol. The van der Waals surface area contributed by atoms with Gasteiger partial charge >= 0.3 is 0 Å². The molecule has 0 aliphatic heterocycles. The quantitative estimate of drug-likeness (QED) is 0.801. The Hall–Kier alpha value is -0.700. The third-order valence-corrected chi connectivity index (χ3v) is 2.77. The minimum atomic E-state index is 0.785. The van der Waals surface area contributed by atoms with Crippen LogP contribution in [0.3, 0.4) is 0 Å². The van der Waals surface area contributed by atoms with Gasteiger partial charge in [0.1, 0.15) is 5.75 Å². The first kappa shape index (κ1) is 13.4. The zero-order chi connectivity index (χ0) is 12.0. The van der Waals surface area contributed by atoms with Crippen LogP contribution in [0.4, 0.5) is 5.69 Å². The maximum Gasteiger partial charge on any atom is 0.119 e. The molecule has 0 aliphatic carbocycles. The van der Waals surface area contributed by atoms with Crippen molar-refractivity contribution in [3.8, 4) is 5.75 Å². The molecule has 0 bridgehead atoms. The minimum Gasteiger partial charge on any atom is -0.494 e. The van der Waals surface area contributed by atoms with Crippen LogP contribution in [-0.2, 0) is 0 Å². The van der Waals surface area contributed by atoms with E-state index >= 15 is 0 Å². The maximum absolute atomic E-state index is 5.64. The summed E-state index contributed by atoms with van der Waals surface area (Å²) in [6.45, 7) is 8.07. The first-order chi connectivity index (χ1) is 7.69. The minimum absolute atomic E-state index is 0.785. The lowest BCUT2D eigenvalue weighted by molar-refractivity contribution is 0.317. The number of aryl methyl sites for hydroxylation is 2. The fourth-order valence-electron chi connectivity index (χ4n) is 1.68. The average molecular weight is 286 g/mol. The molecular formula is C13H20BrNO. The highest BCUT2D eigenvalue weighted by atomic mass is 79.9. The van der Waals surface area contributed by atoms with Crippen molar-refractivity contribution in [3.63, 3.8) is 0 Å². The molecule has 0 saturated carbocycles. The zero-order valence-corrected chi connectivity index (χ0v) is 11.9. The van der Waals surface area contributed by atoms with Crippen molar-refractivity contribution >= 4 is 21.6 Å². The van der Waals surface area contributed by atoms with Crippen LogP contribution in [0.5, 0.6) is 5.75 Å². The molecule has 90 valence electrons. The van der Waals surface area contributed by atoms with Gasteiger partial charge in [-0.3, -0.25) is 0 Å². The fourth-order valence-corrected chi connectivity index (χ4v) is 1.88. The van der Waals surface area contributed by atoms with E-state index in [4.69, 9.17) is 4.74 Å². The lowest BCUT2D eigenvalue weighted by atomic mass is 10.1. The van der Waals surface area contributed by atoms with Crippen LogP contribution in [0, 0.1) is 13.8 Å². The number of halogens is 1. The van der Waals surface area contributed by atoms with Gasteiger partial charge in [0, 0.05) is 17.6 Å². The Labute approximate surface area is 107 Å². The Morgan fingerprint density at radius 2 is 1.88 bits per heavy atom. The SMILES string of the molecule is CCCOc1cc(C)c(NCCBr)c(C)c1. The van der Waals surface area contributed by atoms with Crippen molar-refractivity contribution in [1.29, 1.82) is 0 Å². The third-order valence-electron chi connectivity index (χ3n) is 2.38. The third kappa shape index (κ3) is 3.71. The van der Waals surface area contributed by atoms with Crippen molar-refractivity contribution in [2.45, 2.75) is 27.2 Å². The van der Waals surface area contributed by atoms with Crippen molar-refractivity contribution in [2.24, 2.45) is 0 Å². The molecule has 16 heavy (non-hydrogen) atoms. The molecule has 0 unspecified atom stereocenters. The van der Waals surface area contributed by atoms with E-state index in [2.05, 4.69) is 54.2 Å². The molecule has 0 amide bonds. The summed E-state index contributed by atoms with van der Waals surface area (Å²) in [5.41, 5.74) is 3.71. The number of benzene rings is 1. The number of alkyl halides is 1. The predicted octanol–water partition coefficient (Wildman–Crippen LogP) is 3.90. The number of nitrogens with one attached hydrogen (secondary N) is 1. The molecule has 0 fully saturated rings. The topological polar surface area (TPSA) is 21.3 Å². The summed E-state index contributed by atoms with van der Waals surface area (Å²) >= 11 is 3.42. The van der Waals surface area contributed by atoms with Gasteiger partial charge in [0.15, 0.2) is 0 Å². The molecule has 0 spiro atoms. The Kier molecular flexibility index (Phi) is 5.67. The normalized spacial score (nSPS) is 10.2. The number of hydrogen-bond donors (Lipinski definition) is 1. The van der Waals surface area contributed by atoms with Gasteiger partial charge in [0.2, 0.25) is 0 Å². The van der Waals surface area contributed by atoms with Crippen LogP contribution in [-0.4, -0.2) is 18.5 Å². The van der Waals surface area contributed by atoms with Crippen LogP contribution >= 0.6 is 15.9 Å². The number of ether oxygens (including phenoxy) is 1. The van der Waals surface area contributed by atoms with Gasteiger partial charge in [-0.25, -0.2) is 0 Å². The number of hydrogen-bond acceptors (Lipinski definition) is 2. The fraction of sp³-hybridized carbons (Fsp3) is 0.538. The molecular weight excluding hydrogens is 266 g/mol. The van der Waals surface area contributed by atoms with Gasteiger partial charge in [0.05, 0.1) is 6.61 Å². The van der Waals surface area contributed by atoms with Crippen LogP contribution in [0.2, 0.25) is 0 Å². The molecule has 1 rings (SSSR count). The molecule has 0 heterocycles. The molecule has 1 aromatic carbocycles. The summed E-state index contributed by atoms with van der Waals surface area (Å²) in [5, 5.41) is 4.37. The highest BCUT2D eigenvalue weighted by Crippen LogP contribution is 2.26. The van der Waals surface area contributed by atoms with Gasteiger partial charge in [0.25, 0.3) is 0 Å². The zero-order valence-electron chi connectivity index (χ0n) is 10.3. The standard InChI is InChI=1S/C13H20BrNO/c1-4-7-16-12-8-10(2)13(11(3)9-12)15-6-5-14/h8-9,15H,4-7H2,1-3H3. The van der Waals surface area contributed by atoms with E-state index in [0.29, 0.717) is 0 Å². The van der Waals surface area contributed by atoms with E-state index in [1.165, 1.54) is 16.8 Å². The van der Waals surface area contributed by atoms with E-state index < -0.39 is 0 Å². The van der Waals surface area contributed by atoms with Gasteiger partial charge in [-0.05, 0) is 43.5 Å². The van der Waals surface area contributed by atoms with E-state index in [1.807, 2.05) is 0 Å². The first-order valence-corrected chi connectivity index (χ1v) is 6.85. The van der Waals surface area contributed by atoms with E-state index in [1.54, 1.807) is 0 Å². The number of rotatable bonds is 6. The van der Waals surface area contributed by atoms with E-state index in [-0.39, 0.29) is 0 Å². The smallest absolute Gasteiger partial charge is 0.119 e. The van der Waals surface area contributed by atoms with E-state index in [9.17, 15) is 0 Å².